The van der Waals surface area contributed by atoms with Crippen LogP contribution in [0.2, 0.25) is 0 Å². The molecule has 0 bridgehead atoms. The van der Waals surface area contributed by atoms with Gasteiger partial charge in [-0.3, -0.25) is 4.98 Å². The van der Waals surface area contributed by atoms with E-state index in [9.17, 15) is 19.5 Å². The van der Waals surface area contributed by atoms with Crippen LogP contribution >= 0.6 is 0 Å². The number of nitrogens with zero attached hydrogens (tertiary/aromatic N) is 1. The molecule has 8 nitrogen and oxygen atoms in total. The van der Waals surface area contributed by atoms with E-state index in [-0.39, 0.29) is 35.7 Å². The maximum absolute atomic E-state index is 12.5. The Balaban J connectivity index is 0.00000320. The Hall–Kier alpha value is -3.65. The van der Waals surface area contributed by atoms with Crippen LogP contribution in [0.1, 0.15) is 38.0 Å². The number of benzene rings is 2. The molecule has 0 saturated heterocycles. The topological polar surface area (TPSA) is 115 Å². The zero-order valence-electron chi connectivity index (χ0n) is 16.1. The molecule has 0 aliphatic carbocycles. The zero-order valence-corrected chi connectivity index (χ0v) is 16.9. The van der Waals surface area contributed by atoms with Crippen molar-refractivity contribution >= 4 is 40.2 Å². The molecule has 3 aromatic rings. The summed E-state index contributed by atoms with van der Waals surface area (Å²) >= 11 is 0. The van der Waals surface area contributed by atoms with Crippen molar-refractivity contribution in [2.24, 2.45) is 0 Å². The number of aromatic carboxylic acids is 1. The van der Waals surface area contributed by atoms with Crippen LogP contribution < -0.4 is 17.7 Å². The molecule has 2 N–H and O–H groups in total. The molecule has 0 aliphatic rings. The number of carboxylic acid groups (broad SMARTS) is 1. The molecule has 9 heteroatoms. The number of halogens is 1. The number of rotatable bonds is 6. The molecular weight excluding hydrogens is 412 g/mol. The predicted molar refractivity (Wildman–Crippen MR) is 106 cm³/mol. The van der Waals surface area contributed by atoms with E-state index in [1.807, 2.05) is 0 Å². The quantitative estimate of drug-likeness (QED) is 0.549. The van der Waals surface area contributed by atoms with Crippen molar-refractivity contribution in [1.82, 2.24) is 4.98 Å². The van der Waals surface area contributed by atoms with Crippen LogP contribution in [0.15, 0.2) is 48.7 Å². The molecule has 3 rings (SSSR count). The second-order valence-electron chi connectivity index (χ2n) is 6.00. The number of nitrogens with one attached hydrogen (secondary N) is 1. The number of pyridine rings is 1. The van der Waals surface area contributed by atoms with Crippen LogP contribution in [0, 0.1) is 0 Å². The van der Waals surface area contributed by atoms with Crippen LogP contribution in [0.5, 0.6) is 0 Å². The number of carbonyl (C=O) groups excluding carboxylic acids is 2. The Kier molecular flexibility index (Phi) is 7.32. The third-order valence-corrected chi connectivity index (χ3v) is 4.16. The number of hydrogen-bond acceptors (Lipinski definition) is 7. The van der Waals surface area contributed by atoms with E-state index < -0.39 is 17.9 Å². The number of hydrogen-bond donors (Lipinski definition) is 2. The van der Waals surface area contributed by atoms with Crippen LogP contribution in [0.4, 0.5) is 11.4 Å². The normalized spacial score (nSPS) is 10.1. The summed E-state index contributed by atoms with van der Waals surface area (Å²) in [6.07, 6.45) is 1.38. The first kappa shape index (κ1) is 22.6. The van der Waals surface area contributed by atoms with Gasteiger partial charge in [-0.1, -0.05) is 6.07 Å². The lowest BCUT2D eigenvalue weighted by molar-refractivity contribution is -0.0000525. The van der Waals surface area contributed by atoms with E-state index in [0.29, 0.717) is 22.3 Å². The maximum Gasteiger partial charge on any atom is 0.341 e. The highest BCUT2D eigenvalue weighted by atomic mass is 35.5. The largest absolute Gasteiger partial charge is 1.00 e. The molecule has 156 valence electrons. The first-order chi connectivity index (χ1) is 13.9. The van der Waals surface area contributed by atoms with E-state index >= 15 is 0 Å². The predicted octanol–water partition coefficient (Wildman–Crippen LogP) is 0.644. The summed E-state index contributed by atoms with van der Waals surface area (Å²) < 4.78 is 9.88. The smallest absolute Gasteiger partial charge is 0.341 e. The van der Waals surface area contributed by atoms with Crippen molar-refractivity contribution < 1.29 is 41.4 Å². The lowest BCUT2D eigenvalue weighted by atomic mass is 10.1. The average molecular weight is 430 g/mol. The summed E-state index contributed by atoms with van der Waals surface area (Å²) in [6.45, 7) is 1.86. The Labute approximate surface area is 178 Å². The number of anilines is 2. The van der Waals surface area contributed by atoms with Gasteiger partial charge < -0.3 is 32.3 Å². The molecule has 0 unspecified atom stereocenters. The van der Waals surface area contributed by atoms with Gasteiger partial charge >= 0.3 is 17.9 Å². The van der Waals surface area contributed by atoms with E-state index in [2.05, 4.69) is 10.3 Å². The summed E-state index contributed by atoms with van der Waals surface area (Å²) in [6, 6.07) is 10.9. The van der Waals surface area contributed by atoms with Crippen molar-refractivity contribution in [3.8, 4) is 0 Å². The summed E-state index contributed by atoms with van der Waals surface area (Å²) in [5.41, 5.74) is 1.85. The van der Waals surface area contributed by atoms with Gasteiger partial charge in [-0.15, -0.1) is 0 Å². The van der Waals surface area contributed by atoms with Crippen molar-refractivity contribution in [2.45, 2.75) is 6.92 Å². The van der Waals surface area contributed by atoms with Crippen molar-refractivity contribution in [1.29, 1.82) is 0 Å². The van der Waals surface area contributed by atoms with Gasteiger partial charge in [0.15, 0.2) is 0 Å². The number of aromatic nitrogens is 1. The summed E-state index contributed by atoms with van der Waals surface area (Å²) in [7, 11) is 1.27. The van der Waals surface area contributed by atoms with Gasteiger partial charge in [-0.05, 0) is 43.3 Å². The van der Waals surface area contributed by atoms with Gasteiger partial charge in [0.25, 0.3) is 0 Å². The van der Waals surface area contributed by atoms with Crippen LogP contribution in [-0.4, -0.2) is 41.7 Å². The number of ether oxygens (including phenoxy) is 2. The Bertz CT molecular complexity index is 1120. The van der Waals surface area contributed by atoms with Gasteiger partial charge in [0.1, 0.15) is 5.56 Å². The van der Waals surface area contributed by atoms with Crippen LogP contribution in [0.25, 0.3) is 10.9 Å². The monoisotopic (exact) mass is 429 g/mol. The number of carbonyl (C=O) groups is 3. The third-order valence-electron chi connectivity index (χ3n) is 4.16. The minimum absolute atomic E-state index is 0. The fourth-order valence-corrected chi connectivity index (χ4v) is 2.81. The van der Waals surface area contributed by atoms with Crippen molar-refractivity contribution in [2.75, 3.05) is 19.0 Å². The molecule has 0 amide bonds. The second kappa shape index (κ2) is 9.71. The Morgan fingerprint density at radius 3 is 2.50 bits per heavy atom. The lowest BCUT2D eigenvalue weighted by Gasteiger charge is -2.15. The second-order valence-corrected chi connectivity index (χ2v) is 6.00. The van der Waals surface area contributed by atoms with Crippen molar-refractivity contribution in [3.63, 3.8) is 0 Å². The minimum atomic E-state index is -1.08. The summed E-state index contributed by atoms with van der Waals surface area (Å²) in [5, 5.41) is 12.8. The van der Waals surface area contributed by atoms with Gasteiger partial charge in [-0.25, -0.2) is 14.4 Å². The third kappa shape index (κ3) is 4.66. The number of carboxylic acids is 1. The number of methoxy groups -OCH3 is 1. The Morgan fingerprint density at radius 2 is 1.83 bits per heavy atom. The number of esters is 2. The molecule has 2 aromatic carbocycles. The van der Waals surface area contributed by atoms with E-state index in [1.165, 1.54) is 25.4 Å². The molecule has 0 radical (unpaired) electrons. The molecule has 0 fully saturated rings. The number of fused-ring (bicyclic) bond motifs is 1. The molecule has 0 aliphatic heterocycles. The SMILES string of the molecule is CCOC(=O)c1cnc2ccc(C(=O)OC)cc2c1Nc1cccc(C(=O)O)c1.[Cl-]. The zero-order chi connectivity index (χ0) is 21.0. The highest BCUT2D eigenvalue weighted by Crippen LogP contribution is 2.31. The van der Waals surface area contributed by atoms with Crippen molar-refractivity contribution in [3.05, 3.63) is 65.4 Å². The fourth-order valence-electron chi connectivity index (χ4n) is 2.81. The van der Waals surface area contributed by atoms with Gasteiger partial charge in [0, 0.05) is 17.3 Å². The summed E-state index contributed by atoms with van der Waals surface area (Å²) in [5.74, 6) is -2.21. The standard InChI is InChI=1S/C21H18N2O6.ClH/c1-3-29-21(27)16-11-22-17-8-7-13(20(26)28-2)10-15(17)18(16)23-14-6-4-5-12(9-14)19(24)25;/h4-11H,3H2,1-2H3,(H,22,23)(H,24,25);1H/p-1. The molecule has 1 aromatic heterocycles. The maximum atomic E-state index is 12.5. The molecule has 0 spiro atoms. The molecule has 1 heterocycles. The van der Waals surface area contributed by atoms with E-state index in [1.54, 1.807) is 37.3 Å². The molecular formula is C21H18ClN2O6-. The highest BCUT2D eigenvalue weighted by Gasteiger charge is 2.19. The van der Waals surface area contributed by atoms with Crippen LogP contribution in [0.3, 0.4) is 0 Å². The Morgan fingerprint density at radius 1 is 1.07 bits per heavy atom. The van der Waals surface area contributed by atoms with Crippen LogP contribution in [-0.2, 0) is 9.47 Å². The average Bonchev–Trinajstić information content (AvgIpc) is 2.73. The highest BCUT2D eigenvalue weighted by molar-refractivity contribution is 6.08. The minimum Gasteiger partial charge on any atom is -1.00 e. The first-order valence-corrected chi connectivity index (χ1v) is 8.73. The summed E-state index contributed by atoms with van der Waals surface area (Å²) in [4.78, 5) is 39.9. The first-order valence-electron chi connectivity index (χ1n) is 8.73. The van der Waals surface area contributed by atoms with E-state index in [4.69, 9.17) is 9.47 Å². The van der Waals surface area contributed by atoms with Gasteiger partial charge in [0.05, 0.1) is 36.0 Å². The molecule has 0 atom stereocenters. The molecule has 30 heavy (non-hydrogen) atoms. The van der Waals surface area contributed by atoms with Gasteiger partial charge in [-0.2, -0.15) is 0 Å². The van der Waals surface area contributed by atoms with E-state index in [0.717, 1.165) is 0 Å². The fraction of sp³-hybridized carbons (Fsp3) is 0.143. The molecule has 0 saturated carbocycles. The lowest BCUT2D eigenvalue weighted by Crippen LogP contribution is -3.00. The van der Waals surface area contributed by atoms with Gasteiger partial charge in [0.2, 0.25) is 0 Å².